The maximum Gasteiger partial charge on any atom is 0.231 e. The van der Waals surface area contributed by atoms with Crippen LogP contribution in [0.15, 0.2) is 22.7 Å². The summed E-state index contributed by atoms with van der Waals surface area (Å²) in [6.07, 6.45) is 5.86. The summed E-state index contributed by atoms with van der Waals surface area (Å²) in [6, 6.07) is 5.75. The lowest BCUT2D eigenvalue weighted by Crippen LogP contribution is -2.39. The van der Waals surface area contributed by atoms with Gasteiger partial charge in [-0.15, -0.1) is 0 Å². The number of hydrogen-bond donors (Lipinski definition) is 1. The minimum Gasteiger partial charge on any atom is -0.493 e. The fourth-order valence-electron chi connectivity index (χ4n) is 3.10. The van der Waals surface area contributed by atoms with Crippen LogP contribution in [0.2, 0.25) is 0 Å². The Balaban J connectivity index is 1.76. The van der Waals surface area contributed by atoms with Crippen LogP contribution in [0.1, 0.15) is 49.4 Å². The summed E-state index contributed by atoms with van der Waals surface area (Å²) in [6.45, 7) is 0. The summed E-state index contributed by atoms with van der Waals surface area (Å²) in [5.74, 6) is 2.59. The van der Waals surface area contributed by atoms with Gasteiger partial charge in [0, 0.05) is 0 Å². The van der Waals surface area contributed by atoms with Crippen LogP contribution >= 0.6 is 0 Å². The van der Waals surface area contributed by atoms with E-state index in [0.29, 0.717) is 29.6 Å². The molecule has 1 heterocycles. The maximum atomic E-state index is 6.45. The lowest BCUT2D eigenvalue weighted by Gasteiger charge is -2.29. The molecular formula is C17H23N3O3. The molecule has 0 spiro atoms. The van der Waals surface area contributed by atoms with E-state index >= 15 is 0 Å². The minimum atomic E-state index is -0.433. The molecule has 0 atom stereocenters. The highest BCUT2D eigenvalue weighted by atomic mass is 16.5. The van der Waals surface area contributed by atoms with Crippen LogP contribution in [0.3, 0.4) is 0 Å². The van der Waals surface area contributed by atoms with Gasteiger partial charge in [-0.05, 0) is 30.5 Å². The Morgan fingerprint density at radius 1 is 1.13 bits per heavy atom. The van der Waals surface area contributed by atoms with E-state index in [4.69, 9.17) is 19.7 Å². The molecule has 0 bridgehead atoms. The molecule has 2 aromatic rings. The second-order valence-corrected chi connectivity index (χ2v) is 6.09. The van der Waals surface area contributed by atoms with Crippen molar-refractivity contribution >= 4 is 0 Å². The third kappa shape index (κ3) is 3.32. The lowest BCUT2D eigenvalue weighted by molar-refractivity contribution is 0.273. The number of methoxy groups -OCH3 is 2. The van der Waals surface area contributed by atoms with Crippen LogP contribution in [0.5, 0.6) is 11.5 Å². The van der Waals surface area contributed by atoms with Crippen molar-refractivity contribution in [3.8, 4) is 11.5 Å². The van der Waals surface area contributed by atoms with Crippen LogP contribution in [-0.4, -0.2) is 24.4 Å². The first-order valence-electron chi connectivity index (χ1n) is 7.97. The predicted octanol–water partition coefficient (Wildman–Crippen LogP) is 2.80. The van der Waals surface area contributed by atoms with E-state index in [2.05, 4.69) is 10.1 Å². The van der Waals surface area contributed by atoms with Crippen LogP contribution in [0, 0.1) is 0 Å². The second-order valence-electron chi connectivity index (χ2n) is 6.09. The van der Waals surface area contributed by atoms with Gasteiger partial charge < -0.3 is 19.7 Å². The predicted molar refractivity (Wildman–Crippen MR) is 85.6 cm³/mol. The molecule has 0 saturated heterocycles. The van der Waals surface area contributed by atoms with Crippen molar-refractivity contribution in [2.45, 2.75) is 44.1 Å². The molecular weight excluding hydrogens is 294 g/mol. The Labute approximate surface area is 136 Å². The van der Waals surface area contributed by atoms with E-state index in [9.17, 15) is 0 Å². The number of hydrogen-bond acceptors (Lipinski definition) is 6. The van der Waals surface area contributed by atoms with Crippen molar-refractivity contribution < 1.29 is 14.0 Å². The van der Waals surface area contributed by atoms with Gasteiger partial charge in [0.05, 0.1) is 26.2 Å². The summed E-state index contributed by atoms with van der Waals surface area (Å²) >= 11 is 0. The highest BCUT2D eigenvalue weighted by Crippen LogP contribution is 2.33. The Morgan fingerprint density at radius 3 is 2.57 bits per heavy atom. The van der Waals surface area contributed by atoms with Gasteiger partial charge >= 0.3 is 0 Å². The van der Waals surface area contributed by atoms with Crippen molar-refractivity contribution in [1.29, 1.82) is 0 Å². The number of nitrogens with two attached hydrogens (primary N) is 1. The Bertz CT molecular complexity index is 663. The fraction of sp³-hybridized carbons (Fsp3) is 0.529. The summed E-state index contributed by atoms with van der Waals surface area (Å²) in [4.78, 5) is 4.52. The average Bonchev–Trinajstić information content (AvgIpc) is 3.05. The van der Waals surface area contributed by atoms with Crippen molar-refractivity contribution in [2.75, 3.05) is 14.2 Å². The average molecular weight is 317 g/mol. The monoisotopic (exact) mass is 317 g/mol. The van der Waals surface area contributed by atoms with Crippen LogP contribution in [0.4, 0.5) is 0 Å². The van der Waals surface area contributed by atoms with Gasteiger partial charge in [-0.25, -0.2) is 0 Å². The van der Waals surface area contributed by atoms with Gasteiger partial charge in [-0.3, -0.25) is 0 Å². The molecule has 6 heteroatoms. The van der Waals surface area contributed by atoms with Gasteiger partial charge in [0.2, 0.25) is 5.89 Å². The zero-order valence-electron chi connectivity index (χ0n) is 13.7. The molecule has 1 aliphatic rings. The van der Waals surface area contributed by atoms with Gasteiger partial charge in [-0.2, -0.15) is 4.98 Å². The van der Waals surface area contributed by atoms with Crippen molar-refractivity contribution in [3.05, 3.63) is 35.5 Å². The van der Waals surface area contributed by atoms with Gasteiger partial charge in [0.1, 0.15) is 0 Å². The molecule has 23 heavy (non-hydrogen) atoms. The van der Waals surface area contributed by atoms with E-state index in [0.717, 1.165) is 31.2 Å². The zero-order chi connectivity index (χ0) is 16.3. The van der Waals surface area contributed by atoms with Gasteiger partial charge in [-0.1, -0.05) is 30.5 Å². The Morgan fingerprint density at radius 2 is 1.87 bits per heavy atom. The van der Waals surface area contributed by atoms with E-state index in [-0.39, 0.29) is 0 Å². The smallest absolute Gasteiger partial charge is 0.231 e. The van der Waals surface area contributed by atoms with Crippen molar-refractivity contribution in [2.24, 2.45) is 5.73 Å². The lowest BCUT2D eigenvalue weighted by atomic mass is 9.82. The molecule has 3 rings (SSSR count). The van der Waals surface area contributed by atoms with Crippen LogP contribution in [-0.2, 0) is 12.0 Å². The highest BCUT2D eigenvalue weighted by molar-refractivity contribution is 5.43. The van der Waals surface area contributed by atoms with Gasteiger partial charge in [0.15, 0.2) is 17.3 Å². The first-order valence-corrected chi connectivity index (χ1v) is 7.97. The standard InChI is InChI=1S/C17H23N3O3/c1-21-13-7-6-12(10-14(13)22-2)11-15-19-16(20-23-15)17(18)8-4-3-5-9-17/h6-7,10H,3-5,8-9,11,18H2,1-2H3. The Kier molecular flexibility index (Phi) is 4.52. The highest BCUT2D eigenvalue weighted by Gasteiger charge is 2.34. The third-order valence-electron chi connectivity index (χ3n) is 4.46. The zero-order valence-corrected chi connectivity index (χ0v) is 13.7. The van der Waals surface area contributed by atoms with E-state index in [1.165, 1.54) is 6.42 Å². The second kappa shape index (κ2) is 6.58. The minimum absolute atomic E-state index is 0.433. The van der Waals surface area contributed by atoms with Crippen LogP contribution in [0.25, 0.3) is 0 Å². The molecule has 1 aromatic carbocycles. The van der Waals surface area contributed by atoms with Gasteiger partial charge in [0.25, 0.3) is 0 Å². The summed E-state index contributed by atoms with van der Waals surface area (Å²) < 4.78 is 16.0. The molecule has 124 valence electrons. The molecule has 0 radical (unpaired) electrons. The topological polar surface area (TPSA) is 83.4 Å². The molecule has 1 aromatic heterocycles. The summed E-state index contributed by atoms with van der Waals surface area (Å²) in [5.41, 5.74) is 7.04. The molecule has 1 aliphatic carbocycles. The normalized spacial score (nSPS) is 17.0. The van der Waals surface area contributed by atoms with Crippen molar-refractivity contribution in [3.63, 3.8) is 0 Å². The quantitative estimate of drug-likeness (QED) is 0.913. The number of aromatic nitrogens is 2. The fourth-order valence-corrected chi connectivity index (χ4v) is 3.10. The van der Waals surface area contributed by atoms with Crippen LogP contribution < -0.4 is 15.2 Å². The molecule has 1 fully saturated rings. The van der Waals surface area contributed by atoms with E-state index in [1.807, 2.05) is 18.2 Å². The van der Waals surface area contributed by atoms with E-state index < -0.39 is 5.54 Å². The first kappa shape index (κ1) is 15.8. The maximum absolute atomic E-state index is 6.45. The molecule has 0 aliphatic heterocycles. The number of ether oxygens (including phenoxy) is 2. The molecule has 1 saturated carbocycles. The first-order chi connectivity index (χ1) is 11.1. The molecule has 6 nitrogen and oxygen atoms in total. The number of rotatable bonds is 5. The molecule has 2 N–H and O–H groups in total. The molecule has 0 unspecified atom stereocenters. The molecule has 0 amide bonds. The summed E-state index contributed by atoms with van der Waals surface area (Å²) in [5, 5.41) is 4.12. The Hall–Kier alpha value is -2.08. The number of benzene rings is 1. The van der Waals surface area contributed by atoms with Crippen molar-refractivity contribution in [1.82, 2.24) is 10.1 Å². The largest absolute Gasteiger partial charge is 0.493 e. The third-order valence-corrected chi connectivity index (χ3v) is 4.46. The van der Waals surface area contributed by atoms with E-state index in [1.54, 1.807) is 14.2 Å². The number of nitrogens with zero attached hydrogens (tertiary/aromatic N) is 2. The summed E-state index contributed by atoms with van der Waals surface area (Å²) in [7, 11) is 3.24. The SMILES string of the molecule is COc1ccc(Cc2nc(C3(N)CCCCC3)no2)cc1OC.